The number of anilines is 1. The van der Waals surface area contributed by atoms with Crippen LogP contribution in [0.5, 0.6) is 5.75 Å². The van der Waals surface area contributed by atoms with Crippen molar-refractivity contribution in [1.29, 1.82) is 0 Å². The fourth-order valence-corrected chi connectivity index (χ4v) is 4.49. The molecule has 5 rings (SSSR count). The lowest BCUT2D eigenvalue weighted by atomic mass is 10.0. The van der Waals surface area contributed by atoms with Crippen molar-refractivity contribution in [3.63, 3.8) is 0 Å². The highest BCUT2D eigenvalue weighted by Gasteiger charge is 2.29. The number of nitrogens with one attached hydrogen (secondary N) is 1. The molecule has 0 aliphatic carbocycles. The second-order valence-corrected chi connectivity index (χ2v) is 8.82. The molecule has 0 spiro atoms. The number of aromatic nitrogens is 3. The fraction of sp³-hybridized carbons (Fsp3) is 0.217. The first-order valence-corrected chi connectivity index (χ1v) is 10.5. The van der Waals surface area contributed by atoms with E-state index in [4.69, 9.17) is 9.84 Å². The van der Waals surface area contributed by atoms with Crippen LogP contribution in [0.1, 0.15) is 25.1 Å². The van der Waals surface area contributed by atoms with Crippen LogP contribution >= 0.6 is 11.9 Å². The van der Waals surface area contributed by atoms with E-state index in [1.165, 1.54) is 5.56 Å². The SMILES string of the molecule is Cc1cc(NSc2ccc3c(c2)CC(C)(C)O3)n(-c2cccc3ncccc23)n1. The van der Waals surface area contributed by atoms with Crippen LogP contribution in [0.25, 0.3) is 16.6 Å². The molecule has 6 heteroatoms. The van der Waals surface area contributed by atoms with Crippen molar-refractivity contribution < 1.29 is 4.74 Å². The Bertz CT molecular complexity index is 1210. The molecule has 3 heterocycles. The maximum Gasteiger partial charge on any atom is 0.140 e. The molecule has 0 unspecified atom stereocenters. The molecule has 1 aliphatic rings. The van der Waals surface area contributed by atoms with Crippen LogP contribution in [-0.2, 0) is 6.42 Å². The lowest BCUT2D eigenvalue weighted by Crippen LogP contribution is -2.24. The molecule has 2 aromatic carbocycles. The molecular weight excluding hydrogens is 380 g/mol. The van der Waals surface area contributed by atoms with Gasteiger partial charge in [-0.1, -0.05) is 6.07 Å². The van der Waals surface area contributed by atoms with Crippen molar-refractivity contribution in [2.45, 2.75) is 37.7 Å². The first-order chi connectivity index (χ1) is 14.0. The predicted molar refractivity (Wildman–Crippen MR) is 118 cm³/mol. The fourth-order valence-electron chi connectivity index (χ4n) is 3.79. The zero-order valence-corrected chi connectivity index (χ0v) is 17.5. The first kappa shape index (κ1) is 18.1. The minimum atomic E-state index is -0.128. The molecule has 5 nitrogen and oxygen atoms in total. The second-order valence-electron chi connectivity index (χ2n) is 7.94. The number of fused-ring (bicyclic) bond motifs is 2. The first-order valence-electron chi connectivity index (χ1n) is 9.64. The Morgan fingerprint density at radius 3 is 2.90 bits per heavy atom. The highest BCUT2D eigenvalue weighted by atomic mass is 32.2. The number of hydrogen-bond donors (Lipinski definition) is 1. The molecule has 0 radical (unpaired) electrons. The summed E-state index contributed by atoms with van der Waals surface area (Å²) in [5.74, 6) is 1.92. The van der Waals surface area contributed by atoms with Crippen LogP contribution in [0.3, 0.4) is 0 Å². The summed E-state index contributed by atoms with van der Waals surface area (Å²) in [7, 11) is 0. The summed E-state index contributed by atoms with van der Waals surface area (Å²) in [4.78, 5) is 5.61. The lowest BCUT2D eigenvalue weighted by molar-refractivity contribution is 0.138. The maximum absolute atomic E-state index is 5.98. The molecule has 0 amide bonds. The zero-order chi connectivity index (χ0) is 20.0. The van der Waals surface area contributed by atoms with E-state index >= 15 is 0 Å². The van der Waals surface area contributed by atoms with Gasteiger partial charge in [0.2, 0.25) is 0 Å². The third kappa shape index (κ3) is 3.44. The Morgan fingerprint density at radius 2 is 2.00 bits per heavy atom. The van der Waals surface area contributed by atoms with Crippen LogP contribution in [0.4, 0.5) is 5.82 Å². The molecular formula is C23H22N4OS. The van der Waals surface area contributed by atoms with E-state index in [-0.39, 0.29) is 5.60 Å². The quantitative estimate of drug-likeness (QED) is 0.453. The van der Waals surface area contributed by atoms with E-state index in [2.05, 4.69) is 60.0 Å². The molecule has 0 atom stereocenters. The molecule has 0 saturated carbocycles. The van der Waals surface area contributed by atoms with Gasteiger partial charge in [-0.3, -0.25) is 4.98 Å². The van der Waals surface area contributed by atoms with Gasteiger partial charge >= 0.3 is 0 Å². The standard InChI is InChI=1S/C23H22N4OS/c1-15-12-22(26-29-17-9-10-21-16(13-17)14-23(2,3)28-21)27(25-15)20-8-4-7-19-18(20)6-5-11-24-19/h4-13,26H,14H2,1-3H3. The smallest absolute Gasteiger partial charge is 0.140 e. The Labute approximate surface area is 174 Å². The number of pyridine rings is 1. The van der Waals surface area contributed by atoms with Gasteiger partial charge in [0, 0.05) is 29.0 Å². The molecule has 146 valence electrons. The van der Waals surface area contributed by atoms with Crippen molar-refractivity contribution in [3.05, 3.63) is 72.1 Å². The van der Waals surface area contributed by atoms with Crippen LogP contribution in [-0.4, -0.2) is 20.4 Å². The summed E-state index contributed by atoms with van der Waals surface area (Å²) in [5, 5.41) is 5.79. The minimum Gasteiger partial charge on any atom is -0.487 e. The van der Waals surface area contributed by atoms with Crippen molar-refractivity contribution in [2.75, 3.05) is 4.72 Å². The van der Waals surface area contributed by atoms with Gasteiger partial charge in [-0.15, -0.1) is 0 Å². The average molecular weight is 403 g/mol. The van der Waals surface area contributed by atoms with Gasteiger partial charge in [0.05, 0.1) is 16.9 Å². The summed E-state index contributed by atoms with van der Waals surface area (Å²) in [6, 6.07) is 18.6. The summed E-state index contributed by atoms with van der Waals surface area (Å²) >= 11 is 1.59. The third-order valence-electron chi connectivity index (χ3n) is 4.99. The number of hydrogen-bond acceptors (Lipinski definition) is 5. The summed E-state index contributed by atoms with van der Waals surface area (Å²) in [6.45, 7) is 6.25. The van der Waals surface area contributed by atoms with Crippen molar-refractivity contribution >= 4 is 28.7 Å². The Balaban J connectivity index is 1.44. The topological polar surface area (TPSA) is 52.0 Å². The summed E-state index contributed by atoms with van der Waals surface area (Å²) < 4.78 is 11.4. The Hall–Kier alpha value is -2.99. The largest absolute Gasteiger partial charge is 0.487 e. The zero-order valence-electron chi connectivity index (χ0n) is 16.6. The average Bonchev–Trinajstić information content (AvgIpc) is 3.22. The van der Waals surface area contributed by atoms with E-state index in [9.17, 15) is 0 Å². The Kier molecular flexibility index (Phi) is 4.24. The van der Waals surface area contributed by atoms with Gasteiger partial charge in [-0.05, 0) is 80.7 Å². The second kappa shape index (κ2) is 6.81. The summed E-state index contributed by atoms with van der Waals surface area (Å²) in [6.07, 6.45) is 2.74. The maximum atomic E-state index is 5.98. The number of nitrogens with zero attached hydrogens (tertiary/aromatic N) is 3. The molecule has 1 aliphatic heterocycles. The van der Waals surface area contributed by atoms with Gasteiger partial charge in [-0.2, -0.15) is 5.10 Å². The highest BCUT2D eigenvalue weighted by molar-refractivity contribution is 8.00. The van der Waals surface area contributed by atoms with Gasteiger partial charge in [0.15, 0.2) is 0 Å². The highest BCUT2D eigenvalue weighted by Crippen LogP contribution is 2.37. The number of aryl methyl sites for hydroxylation is 1. The van der Waals surface area contributed by atoms with Crippen molar-refractivity contribution in [1.82, 2.24) is 14.8 Å². The van der Waals surface area contributed by atoms with Gasteiger partial charge in [0.25, 0.3) is 0 Å². The van der Waals surface area contributed by atoms with E-state index in [1.807, 2.05) is 36.0 Å². The third-order valence-corrected chi connectivity index (χ3v) is 5.79. The number of ether oxygens (including phenoxy) is 1. The van der Waals surface area contributed by atoms with E-state index in [0.29, 0.717) is 0 Å². The molecule has 2 aromatic heterocycles. The predicted octanol–water partition coefficient (Wildman–Crippen LogP) is 5.56. The van der Waals surface area contributed by atoms with Crippen LogP contribution in [0.2, 0.25) is 0 Å². The van der Waals surface area contributed by atoms with Crippen molar-refractivity contribution in [2.24, 2.45) is 0 Å². The van der Waals surface area contributed by atoms with E-state index in [1.54, 1.807) is 11.9 Å². The monoisotopic (exact) mass is 402 g/mol. The minimum absolute atomic E-state index is 0.128. The molecule has 4 aromatic rings. The van der Waals surface area contributed by atoms with Gasteiger partial charge in [0.1, 0.15) is 17.2 Å². The lowest BCUT2D eigenvalue weighted by Gasteiger charge is -2.16. The normalized spacial score (nSPS) is 14.6. The van der Waals surface area contributed by atoms with Crippen LogP contribution in [0, 0.1) is 6.92 Å². The molecule has 29 heavy (non-hydrogen) atoms. The number of benzene rings is 2. The van der Waals surface area contributed by atoms with E-state index < -0.39 is 0 Å². The van der Waals surface area contributed by atoms with Crippen LogP contribution in [0.15, 0.2) is 65.7 Å². The molecule has 0 saturated heterocycles. The summed E-state index contributed by atoms with van der Waals surface area (Å²) in [5.41, 5.74) is 4.05. The van der Waals surface area contributed by atoms with Gasteiger partial charge in [-0.25, -0.2) is 4.68 Å². The molecule has 0 bridgehead atoms. The number of rotatable bonds is 4. The Morgan fingerprint density at radius 1 is 1.10 bits per heavy atom. The van der Waals surface area contributed by atoms with Crippen molar-refractivity contribution in [3.8, 4) is 11.4 Å². The molecule has 0 fully saturated rings. The van der Waals surface area contributed by atoms with E-state index in [0.717, 1.165) is 45.2 Å². The van der Waals surface area contributed by atoms with Crippen LogP contribution < -0.4 is 9.46 Å². The van der Waals surface area contributed by atoms with Gasteiger partial charge < -0.3 is 9.46 Å². The molecule has 1 N–H and O–H groups in total.